The van der Waals surface area contributed by atoms with Gasteiger partial charge in [0.25, 0.3) is 0 Å². The van der Waals surface area contributed by atoms with E-state index >= 15 is 0 Å². The molecule has 1 heterocycles. The minimum atomic E-state index is -3.81. The Bertz CT molecular complexity index is 931. The van der Waals surface area contributed by atoms with Gasteiger partial charge in [-0.1, -0.05) is 18.2 Å². The second-order valence-electron chi connectivity index (χ2n) is 4.94. The normalized spacial score (nSPS) is 11.4. The molecule has 0 saturated carbocycles. The molecule has 0 aliphatic heterocycles. The topological polar surface area (TPSA) is 98.1 Å². The van der Waals surface area contributed by atoms with E-state index in [0.29, 0.717) is 17.0 Å². The Morgan fingerprint density at radius 3 is 2.43 bits per heavy atom. The number of hydrogen-bond acceptors (Lipinski definition) is 4. The van der Waals surface area contributed by atoms with Crippen molar-refractivity contribution in [1.82, 2.24) is 10.2 Å². The van der Waals surface area contributed by atoms with Crippen molar-refractivity contribution in [2.75, 3.05) is 7.11 Å². The van der Waals surface area contributed by atoms with E-state index in [1.807, 2.05) is 24.3 Å². The Labute approximate surface area is 134 Å². The maximum absolute atomic E-state index is 11.7. The average Bonchev–Trinajstić information content (AvgIpc) is 3.04. The van der Waals surface area contributed by atoms with Gasteiger partial charge in [0.1, 0.15) is 5.75 Å². The molecule has 0 unspecified atom stereocenters. The minimum Gasteiger partial charge on any atom is -0.497 e. The van der Waals surface area contributed by atoms with E-state index in [0.717, 1.165) is 11.3 Å². The van der Waals surface area contributed by atoms with Crippen molar-refractivity contribution in [3.8, 4) is 28.3 Å². The largest absolute Gasteiger partial charge is 0.497 e. The van der Waals surface area contributed by atoms with Gasteiger partial charge in [-0.25, -0.2) is 13.6 Å². The standard InChI is InChI=1S/C16H15N3O3S/c1-22-12-8-6-11(7-9-12)14-10-15(19-18-14)13-4-2-3-5-16(13)23(17,20)21/h2-10H,1H3,(H,18,19)(H2,17,20,21). The van der Waals surface area contributed by atoms with Crippen LogP contribution in [0.3, 0.4) is 0 Å². The summed E-state index contributed by atoms with van der Waals surface area (Å²) < 4.78 is 28.5. The number of hydrogen-bond donors (Lipinski definition) is 2. The minimum absolute atomic E-state index is 0.0601. The Morgan fingerprint density at radius 1 is 1.09 bits per heavy atom. The van der Waals surface area contributed by atoms with E-state index in [4.69, 9.17) is 9.88 Å². The maximum atomic E-state index is 11.7. The van der Waals surface area contributed by atoms with Gasteiger partial charge in [0.15, 0.2) is 0 Å². The van der Waals surface area contributed by atoms with Gasteiger partial charge < -0.3 is 4.74 Å². The van der Waals surface area contributed by atoms with Gasteiger partial charge in [0.05, 0.1) is 23.4 Å². The SMILES string of the molecule is COc1ccc(-c2cc(-c3ccccc3S(N)(=O)=O)[nH]n2)cc1. The van der Waals surface area contributed by atoms with Crippen LogP contribution in [-0.2, 0) is 10.0 Å². The molecule has 3 N–H and O–H groups in total. The summed E-state index contributed by atoms with van der Waals surface area (Å²) in [5.41, 5.74) is 2.66. The zero-order chi connectivity index (χ0) is 16.4. The quantitative estimate of drug-likeness (QED) is 0.768. The third-order valence-electron chi connectivity index (χ3n) is 3.45. The molecule has 3 aromatic rings. The van der Waals surface area contributed by atoms with E-state index in [9.17, 15) is 8.42 Å². The molecule has 0 aliphatic rings. The number of aromatic nitrogens is 2. The molecule has 0 fully saturated rings. The summed E-state index contributed by atoms with van der Waals surface area (Å²) in [5, 5.41) is 12.4. The second-order valence-corrected chi connectivity index (χ2v) is 6.47. The zero-order valence-electron chi connectivity index (χ0n) is 12.4. The van der Waals surface area contributed by atoms with Gasteiger partial charge in [0, 0.05) is 11.1 Å². The molecule has 2 aromatic carbocycles. The molecule has 0 spiro atoms. The number of primary sulfonamides is 1. The Kier molecular flexibility index (Phi) is 3.89. The molecule has 0 radical (unpaired) electrons. The van der Waals surface area contributed by atoms with Crippen molar-refractivity contribution in [1.29, 1.82) is 0 Å². The molecule has 23 heavy (non-hydrogen) atoms. The van der Waals surface area contributed by atoms with Gasteiger partial charge in [-0.3, -0.25) is 5.10 Å². The number of ether oxygens (including phenoxy) is 1. The third kappa shape index (κ3) is 3.10. The lowest BCUT2D eigenvalue weighted by molar-refractivity contribution is 0.415. The smallest absolute Gasteiger partial charge is 0.238 e. The summed E-state index contributed by atoms with van der Waals surface area (Å²) in [4.78, 5) is 0.0601. The first-order valence-corrected chi connectivity index (χ1v) is 8.36. The van der Waals surface area contributed by atoms with E-state index in [2.05, 4.69) is 10.2 Å². The molecule has 7 heteroatoms. The third-order valence-corrected chi connectivity index (χ3v) is 4.42. The highest BCUT2D eigenvalue weighted by atomic mass is 32.2. The van der Waals surface area contributed by atoms with Crippen molar-refractivity contribution >= 4 is 10.0 Å². The molecule has 0 amide bonds. The summed E-state index contributed by atoms with van der Waals surface area (Å²) in [6.45, 7) is 0. The highest BCUT2D eigenvalue weighted by molar-refractivity contribution is 7.89. The van der Waals surface area contributed by atoms with Crippen LogP contribution in [0.1, 0.15) is 0 Å². The van der Waals surface area contributed by atoms with E-state index < -0.39 is 10.0 Å². The molecule has 118 valence electrons. The number of nitrogens with two attached hydrogens (primary N) is 1. The first-order chi connectivity index (χ1) is 11.0. The van der Waals surface area contributed by atoms with E-state index in [-0.39, 0.29) is 4.90 Å². The van der Waals surface area contributed by atoms with Crippen LogP contribution in [0, 0.1) is 0 Å². The molecule has 0 bridgehead atoms. The number of H-pyrrole nitrogens is 1. The molecule has 0 aliphatic carbocycles. The lowest BCUT2D eigenvalue weighted by atomic mass is 10.1. The molecule has 0 saturated heterocycles. The van der Waals surface area contributed by atoms with Gasteiger partial charge in [-0.05, 0) is 36.4 Å². The van der Waals surface area contributed by atoms with Gasteiger partial charge in [0.2, 0.25) is 10.0 Å². The molecule has 1 aromatic heterocycles. The van der Waals surface area contributed by atoms with Crippen LogP contribution >= 0.6 is 0 Å². The summed E-state index contributed by atoms with van der Waals surface area (Å²) in [6.07, 6.45) is 0. The summed E-state index contributed by atoms with van der Waals surface area (Å²) in [6, 6.07) is 15.7. The number of methoxy groups -OCH3 is 1. The molecular formula is C16H15N3O3S. The fraction of sp³-hybridized carbons (Fsp3) is 0.0625. The molecule has 3 rings (SSSR count). The number of nitrogens with one attached hydrogen (secondary N) is 1. The van der Waals surface area contributed by atoms with Gasteiger partial charge in [-0.2, -0.15) is 5.10 Å². The number of aromatic amines is 1. The van der Waals surface area contributed by atoms with Crippen LogP contribution in [0.2, 0.25) is 0 Å². The van der Waals surface area contributed by atoms with Crippen molar-refractivity contribution in [2.45, 2.75) is 4.90 Å². The number of benzene rings is 2. The monoisotopic (exact) mass is 329 g/mol. The lowest BCUT2D eigenvalue weighted by Crippen LogP contribution is -2.13. The van der Waals surface area contributed by atoms with E-state index in [1.165, 1.54) is 6.07 Å². The van der Waals surface area contributed by atoms with Crippen LogP contribution < -0.4 is 9.88 Å². The Morgan fingerprint density at radius 2 is 1.78 bits per heavy atom. The Balaban J connectivity index is 2.03. The fourth-order valence-corrected chi connectivity index (χ4v) is 3.06. The fourth-order valence-electron chi connectivity index (χ4n) is 2.31. The average molecular weight is 329 g/mol. The van der Waals surface area contributed by atoms with Crippen LogP contribution in [0.25, 0.3) is 22.5 Å². The predicted octanol–water partition coefficient (Wildman–Crippen LogP) is 2.40. The van der Waals surface area contributed by atoms with Crippen molar-refractivity contribution in [2.24, 2.45) is 5.14 Å². The van der Waals surface area contributed by atoms with Crippen LogP contribution in [-0.4, -0.2) is 25.7 Å². The second kappa shape index (κ2) is 5.86. The summed E-state index contributed by atoms with van der Waals surface area (Å²) in [7, 11) is -2.21. The molecule has 0 atom stereocenters. The maximum Gasteiger partial charge on any atom is 0.238 e. The zero-order valence-corrected chi connectivity index (χ0v) is 13.2. The van der Waals surface area contributed by atoms with Gasteiger partial charge >= 0.3 is 0 Å². The lowest BCUT2D eigenvalue weighted by Gasteiger charge is -2.04. The van der Waals surface area contributed by atoms with E-state index in [1.54, 1.807) is 31.4 Å². The number of nitrogens with zero attached hydrogens (tertiary/aromatic N) is 1. The van der Waals surface area contributed by atoms with Crippen LogP contribution in [0.4, 0.5) is 0 Å². The van der Waals surface area contributed by atoms with Crippen molar-refractivity contribution < 1.29 is 13.2 Å². The summed E-state index contributed by atoms with van der Waals surface area (Å²) in [5.74, 6) is 0.754. The van der Waals surface area contributed by atoms with Crippen LogP contribution in [0.5, 0.6) is 5.75 Å². The van der Waals surface area contributed by atoms with Crippen molar-refractivity contribution in [3.05, 3.63) is 54.6 Å². The molecular weight excluding hydrogens is 314 g/mol. The van der Waals surface area contributed by atoms with Crippen LogP contribution in [0.15, 0.2) is 59.5 Å². The first kappa shape index (κ1) is 15.3. The highest BCUT2D eigenvalue weighted by Crippen LogP contribution is 2.28. The number of sulfonamides is 1. The van der Waals surface area contributed by atoms with Crippen molar-refractivity contribution in [3.63, 3.8) is 0 Å². The first-order valence-electron chi connectivity index (χ1n) is 6.81. The predicted molar refractivity (Wildman–Crippen MR) is 87.4 cm³/mol. The summed E-state index contributed by atoms with van der Waals surface area (Å²) >= 11 is 0. The Hall–Kier alpha value is -2.64. The number of rotatable bonds is 4. The molecule has 6 nitrogen and oxygen atoms in total. The van der Waals surface area contributed by atoms with Gasteiger partial charge in [-0.15, -0.1) is 0 Å². The highest BCUT2D eigenvalue weighted by Gasteiger charge is 2.16.